The third-order valence-electron chi connectivity index (χ3n) is 5.04. The highest BCUT2D eigenvalue weighted by Crippen LogP contribution is 2.27. The number of amides is 1. The highest BCUT2D eigenvalue weighted by Gasteiger charge is 2.29. The summed E-state index contributed by atoms with van der Waals surface area (Å²) in [4.78, 5) is 25.0. The van der Waals surface area contributed by atoms with Gasteiger partial charge in [0.1, 0.15) is 29.5 Å². The molecule has 0 N–H and O–H groups in total. The monoisotopic (exact) mass is 444 g/mol. The third-order valence-corrected chi connectivity index (χ3v) is 5.33. The van der Waals surface area contributed by atoms with Crippen LogP contribution in [0.1, 0.15) is 17.3 Å². The standard InChI is InChI=1S/C22H19ClF2N4O2/c1-14-12-28(8-9-29(14)22(30)15-2-4-16(24)5-3-15)20-11-21(27-13-26-20)31-17-6-7-19(25)18(23)10-17/h2-7,10-11,13-14H,8-9,12H2,1H3. The Hall–Kier alpha value is -3.26. The van der Waals surface area contributed by atoms with Crippen LogP contribution >= 0.6 is 11.6 Å². The lowest BCUT2D eigenvalue weighted by atomic mass is 10.1. The Balaban J connectivity index is 1.44. The van der Waals surface area contributed by atoms with Crippen LogP contribution in [0.15, 0.2) is 54.9 Å². The molecule has 1 amide bonds. The number of hydrogen-bond donors (Lipinski definition) is 0. The minimum Gasteiger partial charge on any atom is -0.439 e. The number of ether oxygens (including phenoxy) is 1. The molecule has 4 rings (SSSR count). The van der Waals surface area contributed by atoms with E-state index in [-0.39, 0.29) is 22.8 Å². The second kappa shape index (κ2) is 8.85. The van der Waals surface area contributed by atoms with Crippen LogP contribution in [0.3, 0.4) is 0 Å². The summed E-state index contributed by atoms with van der Waals surface area (Å²) in [6, 6.07) is 11.2. The van der Waals surface area contributed by atoms with Gasteiger partial charge in [-0.15, -0.1) is 0 Å². The SMILES string of the molecule is CC1CN(c2cc(Oc3ccc(F)c(Cl)c3)ncn2)CCN1C(=O)c1ccc(F)cc1. The number of benzene rings is 2. The van der Waals surface area contributed by atoms with Gasteiger partial charge in [0.05, 0.1) is 5.02 Å². The molecule has 1 fully saturated rings. The molecule has 31 heavy (non-hydrogen) atoms. The lowest BCUT2D eigenvalue weighted by Gasteiger charge is -2.40. The number of anilines is 1. The quantitative estimate of drug-likeness (QED) is 0.590. The van der Waals surface area contributed by atoms with Gasteiger partial charge in [0.25, 0.3) is 5.91 Å². The van der Waals surface area contributed by atoms with Crippen LogP contribution in [0.2, 0.25) is 5.02 Å². The number of hydrogen-bond acceptors (Lipinski definition) is 5. The van der Waals surface area contributed by atoms with Crippen molar-refractivity contribution in [1.82, 2.24) is 14.9 Å². The second-order valence-corrected chi connectivity index (χ2v) is 7.60. The molecule has 2 heterocycles. The van der Waals surface area contributed by atoms with Crippen LogP contribution in [-0.2, 0) is 0 Å². The first-order chi connectivity index (χ1) is 14.9. The fraction of sp³-hybridized carbons (Fsp3) is 0.227. The van der Waals surface area contributed by atoms with Crippen molar-refractivity contribution in [3.8, 4) is 11.6 Å². The maximum Gasteiger partial charge on any atom is 0.254 e. The summed E-state index contributed by atoms with van der Waals surface area (Å²) in [7, 11) is 0. The Bertz CT molecular complexity index is 1100. The lowest BCUT2D eigenvalue weighted by molar-refractivity contribution is 0.0673. The van der Waals surface area contributed by atoms with E-state index >= 15 is 0 Å². The molecule has 3 aromatic rings. The molecular formula is C22H19ClF2N4O2. The number of halogens is 3. The summed E-state index contributed by atoms with van der Waals surface area (Å²) in [6.07, 6.45) is 1.39. The summed E-state index contributed by atoms with van der Waals surface area (Å²) in [6.45, 7) is 3.57. The molecular weight excluding hydrogens is 426 g/mol. The minimum atomic E-state index is -0.528. The lowest BCUT2D eigenvalue weighted by Crippen LogP contribution is -2.54. The topological polar surface area (TPSA) is 58.6 Å². The summed E-state index contributed by atoms with van der Waals surface area (Å²) in [5, 5.41) is -0.0393. The molecule has 0 saturated carbocycles. The van der Waals surface area contributed by atoms with Crippen molar-refractivity contribution in [2.24, 2.45) is 0 Å². The fourth-order valence-electron chi connectivity index (χ4n) is 3.45. The molecule has 2 aromatic carbocycles. The smallest absolute Gasteiger partial charge is 0.254 e. The van der Waals surface area contributed by atoms with Gasteiger partial charge in [0, 0.05) is 43.4 Å². The molecule has 1 saturated heterocycles. The summed E-state index contributed by atoms with van der Waals surface area (Å²) in [5.74, 6) is 0.272. The highest BCUT2D eigenvalue weighted by molar-refractivity contribution is 6.30. The van der Waals surface area contributed by atoms with Crippen LogP contribution in [0.4, 0.5) is 14.6 Å². The van der Waals surface area contributed by atoms with Crippen molar-refractivity contribution >= 4 is 23.3 Å². The molecule has 0 bridgehead atoms. The number of rotatable bonds is 4. The van der Waals surface area contributed by atoms with Crippen LogP contribution in [0, 0.1) is 11.6 Å². The number of piperazine rings is 1. The number of carbonyl (C=O) groups is 1. The van der Waals surface area contributed by atoms with Gasteiger partial charge in [-0.3, -0.25) is 4.79 Å². The average molecular weight is 445 g/mol. The molecule has 0 radical (unpaired) electrons. The van der Waals surface area contributed by atoms with Gasteiger partial charge in [-0.05, 0) is 43.3 Å². The molecule has 0 aliphatic carbocycles. The molecule has 1 aliphatic heterocycles. The van der Waals surface area contributed by atoms with Gasteiger partial charge in [-0.2, -0.15) is 0 Å². The number of carbonyl (C=O) groups excluding carboxylic acids is 1. The fourth-order valence-corrected chi connectivity index (χ4v) is 3.62. The first-order valence-corrected chi connectivity index (χ1v) is 10.0. The van der Waals surface area contributed by atoms with E-state index in [1.165, 1.54) is 48.8 Å². The highest BCUT2D eigenvalue weighted by atomic mass is 35.5. The van der Waals surface area contributed by atoms with Gasteiger partial charge in [-0.1, -0.05) is 11.6 Å². The molecule has 1 unspecified atom stereocenters. The van der Waals surface area contributed by atoms with Crippen LogP contribution in [-0.4, -0.2) is 46.5 Å². The molecule has 1 aromatic heterocycles. The average Bonchev–Trinajstić information content (AvgIpc) is 2.76. The third kappa shape index (κ3) is 4.74. The second-order valence-electron chi connectivity index (χ2n) is 7.19. The maximum absolute atomic E-state index is 13.3. The predicted molar refractivity (Wildman–Crippen MR) is 113 cm³/mol. The van der Waals surface area contributed by atoms with E-state index in [1.54, 1.807) is 11.0 Å². The molecule has 0 spiro atoms. The number of aromatic nitrogens is 2. The summed E-state index contributed by atoms with van der Waals surface area (Å²) in [5.41, 5.74) is 0.456. The van der Waals surface area contributed by atoms with Gasteiger partial charge in [0.2, 0.25) is 5.88 Å². The van der Waals surface area contributed by atoms with E-state index in [0.717, 1.165) is 0 Å². The van der Waals surface area contributed by atoms with E-state index in [0.29, 0.717) is 42.6 Å². The minimum absolute atomic E-state index is 0.0393. The Morgan fingerprint density at radius 1 is 1.10 bits per heavy atom. The molecule has 1 atom stereocenters. The Morgan fingerprint density at radius 3 is 2.58 bits per heavy atom. The van der Waals surface area contributed by atoms with E-state index in [4.69, 9.17) is 16.3 Å². The van der Waals surface area contributed by atoms with E-state index in [9.17, 15) is 13.6 Å². The van der Waals surface area contributed by atoms with Crippen LogP contribution in [0.25, 0.3) is 0 Å². The first-order valence-electron chi connectivity index (χ1n) is 9.67. The number of nitrogens with zero attached hydrogens (tertiary/aromatic N) is 4. The van der Waals surface area contributed by atoms with Gasteiger partial charge < -0.3 is 14.5 Å². The van der Waals surface area contributed by atoms with Crippen molar-refractivity contribution in [3.63, 3.8) is 0 Å². The van der Waals surface area contributed by atoms with Crippen molar-refractivity contribution in [2.75, 3.05) is 24.5 Å². The van der Waals surface area contributed by atoms with E-state index in [1.807, 2.05) is 11.8 Å². The molecule has 6 nitrogen and oxygen atoms in total. The zero-order chi connectivity index (χ0) is 22.0. The Labute approximate surface area is 183 Å². The molecule has 1 aliphatic rings. The van der Waals surface area contributed by atoms with Gasteiger partial charge in [-0.25, -0.2) is 18.7 Å². The van der Waals surface area contributed by atoms with E-state index < -0.39 is 5.82 Å². The summed E-state index contributed by atoms with van der Waals surface area (Å²) < 4.78 is 32.1. The van der Waals surface area contributed by atoms with Crippen molar-refractivity contribution in [3.05, 3.63) is 77.1 Å². The van der Waals surface area contributed by atoms with Crippen molar-refractivity contribution in [2.45, 2.75) is 13.0 Å². The largest absolute Gasteiger partial charge is 0.439 e. The predicted octanol–water partition coefficient (Wildman–Crippen LogP) is 4.55. The van der Waals surface area contributed by atoms with Crippen molar-refractivity contribution < 1.29 is 18.3 Å². The molecule has 160 valence electrons. The zero-order valence-corrected chi connectivity index (χ0v) is 17.4. The van der Waals surface area contributed by atoms with Gasteiger partial charge in [0.15, 0.2) is 0 Å². The van der Waals surface area contributed by atoms with Crippen LogP contribution < -0.4 is 9.64 Å². The normalized spacial score (nSPS) is 16.3. The zero-order valence-electron chi connectivity index (χ0n) is 16.6. The Kier molecular flexibility index (Phi) is 5.99. The first kappa shape index (κ1) is 21.0. The van der Waals surface area contributed by atoms with Crippen LogP contribution in [0.5, 0.6) is 11.6 Å². The Morgan fingerprint density at radius 2 is 1.87 bits per heavy atom. The summed E-state index contributed by atoms with van der Waals surface area (Å²) >= 11 is 5.79. The molecule has 9 heteroatoms. The van der Waals surface area contributed by atoms with E-state index in [2.05, 4.69) is 9.97 Å². The maximum atomic E-state index is 13.3. The van der Waals surface area contributed by atoms with Gasteiger partial charge >= 0.3 is 0 Å². The van der Waals surface area contributed by atoms with Crippen molar-refractivity contribution in [1.29, 1.82) is 0 Å².